The molecule has 1 aliphatic rings. The van der Waals surface area contributed by atoms with E-state index in [1.807, 2.05) is 0 Å². The SMILES string of the molecule is CC(C)(C)/C=C\C1(CC#N)CCC(C(C)(C)C)CC1. The van der Waals surface area contributed by atoms with E-state index < -0.39 is 0 Å². The summed E-state index contributed by atoms with van der Waals surface area (Å²) >= 11 is 0. The van der Waals surface area contributed by atoms with E-state index in [2.05, 4.69) is 59.8 Å². The third-order valence-corrected chi connectivity index (χ3v) is 4.57. The first-order chi connectivity index (χ1) is 8.58. The van der Waals surface area contributed by atoms with Gasteiger partial charge in [0.1, 0.15) is 0 Å². The zero-order chi connectivity index (χ0) is 14.7. The lowest BCUT2D eigenvalue weighted by Gasteiger charge is -2.42. The highest BCUT2D eigenvalue weighted by Crippen LogP contribution is 2.48. The molecule has 0 unspecified atom stereocenters. The van der Waals surface area contributed by atoms with Crippen molar-refractivity contribution in [3.63, 3.8) is 0 Å². The summed E-state index contributed by atoms with van der Waals surface area (Å²) in [7, 11) is 0. The molecular weight excluding hydrogens is 230 g/mol. The summed E-state index contributed by atoms with van der Waals surface area (Å²) in [5.41, 5.74) is 0.764. The first kappa shape index (κ1) is 16.3. The summed E-state index contributed by atoms with van der Waals surface area (Å²) in [6, 6.07) is 2.42. The van der Waals surface area contributed by atoms with Crippen molar-refractivity contribution in [2.45, 2.75) is 73.6 Å². The first-order valence-corrected chi connectivity index (χ1v) is 7.65. The minimum Gasteiger partial charge on any atom is -0.198 e. The molecule has 1 rings (SSSR count). The molecule has 0 amide bonds. The molecule has 0 aromatic heterocycles. The number of hydrogen-bond donors (Lipinski definition) is 0. The van der Waals surface area contributed by atoms with Crippen molar-refractivity contribution >= 4 is 0 Å². The molecular formula is C18H31N. The maximum Gasteiger partial charge on any atom is 0.0630 e. The normalized spacial score (nSPS) is 29.4. The molecule has 0 spiro atoms. The largest absolute Gasteiger partial charge is 0.198 e. The van der Waals surface area contributed by atoms with Crippen LogP contribution in [0, 0.1) is 33.5 Å². The van der Waals surface area contributed by atoms with Gasteiger partial charge >= 0.3 is 0 Å². The zero-order valence-corrected chi connectivity index (χ0v) is 13.7. The third kappa shape index (κ3) is 5.01. The predicted octanol–water partition coefficient (Wildman–Crippen LogP) is 5.73. The summed E-state index contributed by atoms with van der Waals surface area (Å²) in [6.07, 6.45) is 10.2. The summed E-state index contributed by atoms with van der Waals surface area (Å²) in [4.78, 5) is 0. The van der Waals surface area contributed by atoms with E-state index >= 15 is 0 Å². The fourth-order valence-corrected chi connectivity index (χ4v) is 3.05. The van der Waals surface area contributed by atoms with Gasteiger partial charge in [-0.3, -0.25) is 0 Å². The molecule has 0 aromatic carbocycles. The number of nitrogens with zero attached hydrogens (tertiary/aromatic N) is 1. The average molecular weight is 261 g/mol. The van der Waals surface area contributed by atoms with Crippen LogP contribution in [0.25, 0.3) is 0 Å². The maximum atomic E-state index is 9.16. The molecule has 1 aliphatic carbocycles. The van der Waals surface area contributed by atoms with E-state index in [1.165, 1.54) is 25.7 Å². The zero-order valence-electron chi connectivity index (χ0n) is 13.7. The van der Waals surface area contributed by atoms with Gasteiger partial charge in [-0.2, -0.15) is 5.26 Å². The Morgan fingerprint density at radius 1 is 1.11 bits per heavy atom. The van der Waals surface area contributed by atoms with E-state index in [0.29, 0.717) is 11.8 Å². The monoisotopic (exact) mass is 261 g/mol. The van der Waals surface area contributed by atoms with Crippen molar-refractivity contribution in [1.82, 2.24) is 0 Å². The molecule has 0 heterocycles. The van der Waals surface area contributed by atoms with Gasteiger partial charge in [-0.25, -0.2) is 0 Å². The van der Waals surface area contributed by atoms with Crippen LogP contribution in [0.15, 0.2) is 12.2 Å². The molecule has 1 fully saturated rings. The van der Waals surface area contributed by atoms with Gasteiger partial charge in [-0.1, -0.05) is 53.7 Å². The molecule has 0 radical (unpaired) electrons. The summed E-state index contributed by atoms with van der Waals surface area (Å²) in [5, 5.41) is 9.16. The Kier molecular flexibility index (Phi) is 4.88. The highest BCUT2D eigenvalue weighted by molar-refractivity contribution is 5.09. The summed E-state index contributed by atoms with van der Waals surface area (Å²) in [6.45, 7) is 13.7. The summed E-state index contributed by atoms with van der Waals surface area (Å²) < 4.78 is 0. The maximum absolute atomic E-state index is 9.16. The Morgan fingerprint density at radius 2 is 1.63 bits per heavy atom. The van der Waals surface area contributed by atoms with Crippen molar-refractivity contribution < 1.29 is 0 Å². The molecule has 0 N–H and O–H groups in total. The fourth-order valence-electron chi connectivity index (χ4n) is 3.05. The quantitative estimate of drug-likeness (QED) is 0.583. The van der Waals surface area contributed by atoms with Crippen LogP contribution >= 0.6 is 0 Å². The van der Waals surface area contributed by atoms with E-state index in [0.717, 1.165) is 5.92 Å². The van der Waals surface area contributed by atoms with Crippen molar-refractivity contribution in [1.29, 1.82) is 5.26 Å². The molecule has 108 valence electrons. The highest BCUT2D eigenvalue weighted by Gasteiger charge is 2.37. The van der Waals surface area contributed by atoms with Gasteiger partial charge in [0.05, 0.1) is 6.07 Å². The fraction of sp³-hybridized carbons (Fsp3) is 0.833. The number of nitriles is 1. The lowest BCUT2D eigenvalue weighted by atomic mass is 9.63. The molecule has 1 saturated carbocycles. The van der Waals surface area contributed by atoms with Gasteiger partial charge in [-0.15, -0.1) is 0 Å². The lowest BCUT2D eigenvalue weighted by Crippen LogP contribution is -2.31. The van der Waals surface area contributed by atoms with Crippen LogP contribution in [0.1, 0.15) is 73.6 Å². The van der Waals surface area contributed by atoms with Crippen molar-refractivity contribution in [2.75, 3.05) is 0 Å². The van der Waals surface area contributed by atoms with Crippen LogP contribution in [0.5, 0.6) is 0 Å². The average Bonchev–Trinajstić information content (AvgIpc) is 2.26. The van der Waals surface area contributed by atoms with Crippen LogP contribution < -0.4 is 0 Å². The second-order valence-electron chi connectivity index (χ2n) is 8.54. The molecule has 0 aliphatic heterocycles. The van der Waals surface area contributed by atoms with Crippen LogP contribution in [0.3, 0.4) is 0 Å². The van der Waals surface area contributed by atoms with Crippen LogP contribution in [0.4, 0.5) is 0 Å². The molecule has 0 bridgehead atoms. The Bertz CT molecular complexity index is 349. The summed E-state index contributed by atoms with van der Waals surface area (Å²) in [5.74, 6) is 0.808. The van der Waals surface area contributed by atoms with Crippen molar-refractivity contribution in [3.05, 3.63) is 12.2 Å². The molecule has 0 atom stereocenters. The molecule has 1 heteroatoms. The van der Waals surface area contributed by atoms with E-state index in [4.69, 9.17) is 5.26 Å². The van der Waals surface area contributed by atoms with E-state index in [9.17, 15) is 0 Å². The number of allylic oxidation sites excluding steroid dienone is 2. The Balaban J connectivity index is 2.78. The second-order valence-corrected chi connectivity index (χ2v) is 8.54. The molecule has 0 aromatic rings. The Labute approximate surface area is 120 Å². The van der Waals surface area contributed by atoms with Gasteiger partial charge in [0, 0.05) is 11.8 Å². The molecule has 1 nitrogen and oxygen atoms in total. The number of hydrogen-bond acceptors (Lipinski definition) is 1. The van der Waals surface area contributed by atoms with Crippen LogP contribution in [-0.4, -0.2) is 0 Å². The predicted molar refractivity (Wildman–Crippen MR) is 82.7 cm³/mol. The standard InChI is InChI=1S/C18H31N/c1-16(2,3)11-12-18(13-14-19)9-7-15(8-10-18)17(4,5)6/h11-12,15H,7-10,13H2,1-6H3/b12-11-. The highest BCUT2D eigenvalue weighted by atomic mass is 14.4. The van der Waals surface area contributed by atoms with Gasteiger partial charge in [0.25, 0.3) is 0 Å². The third-order valence-electron chi connectivity index (χ3n) is 4.57. The Morgan fingerprint density at radius 3 is 2.00 bits per heavy atom. The topological polar surface area (TPSA) is 23.8 Å². The smallest absolute Gasteiger partial charge is 0.0630 e. The molecule has 0 saturated heterocycles. The van der Waals surface area contributed by atoms with Crippen LogP contribution in [-0.2, 0) is 0 Å². The van der Waals surface area contributed by atoms with E-state index in [1.54, 1.807) is 0 Å². The lowest BCUT2D eigenvalue weighted by molar-refractivity contribution is 0.118. The molecule has 19 heavy (non-hydrogen) atoms. The van der Waals surface area contributed by atoms with Gasteiger partial charge in [0.15, 0.2) is 0 Å². The van der Waals surface area contributed by atoms with Crippen LogP contribution in [0.2, 0.25) is 0 Å². The Hall–Kier alpha value is -0.770. The van der Waals surface area contributed by atoms with Crippen molar-refractivity contribution in [3.8, 4) is 6.07 Å². The van der Waals surface area contributed by atoms with E-state index in [-0.39, 0.29) is 10.8 Å². The first-order valence-electron chi connectivity index (χ1n) is 7.65. The second kappa shape index (κ2) is 5.70. The van der Waals surface area contributed by atoms with Crippen molar-refractivity contribution in [2.24, 2.45) is 22.2 Å². The number of rotatable bonds is 2. The minimum atomic E-state index is 0.143. The van der Waals surface area contributed by atoms with Gasteiger partial charge in [0.2, 0.25) is 0 Å². The van der Waals surface area contributed by atoms with Gasteiger partial charge < -0.3 is 0 Å². The van der Waals surface area contributed by atoms with Gasteiger partial charge in [-0.05, 0) is 42.4 Å². The minimum absolute atomic E-state index is 0.143.